The van der Waals surface area contributed by atoms with Crippen molar-refractivity contribution in [1.82, 2.24) is 10.2 Å². The normalized spacial score (nSPS) is 10.4. The molecule has 0 aliphatic rings. The molecule has 0 radical (unpaired) electrons. The van der Waals surface area contributed by atoms with Gasteiger partial charge in [0.2, 0.25) is 0 Å². The van der Waals surface area contributed by atoms with Crippen molar-refractivity contribution in [3.63, 3.8) is 0 Å². The maximum atomic E-state index is 5.54. The number of anilines is 1. The number of nitrogens with one attached hydrogen (secondary N) is 1. The second kappa shape index (κ2) is 3.54. The molecule has 3 nitrogen and oxygen atoms in total. The molecule has 0 saturated carbocycles. The zero-order valence-electron chi connectivity index (χ0n) is 8.12. The van der Waals surface area contributed by atoms with Crippen molar-refractivity contribution in [2.24, 2.45) is 0 Å². The van der Waals surface area contributed by atoms with E-state index < -0.39 is 0 Å². The second-order valence-electron chi connectivity index (χ2n) is 3.26. The van der Waals surface area contributed by atoms with E-state index >= 15 is 0 Å². The summed E-state index contributed by atoms with van der Waals surface area (Å²) >= 11 is 0. The summed E-state index contributed by atoms with van der Waals surface area (Å²) in [6.07, 6.45) is 1.04. The Morgan fingerprint density at radius 3 is 2.86 bits per heavy atom. The average Bonchev–Trinajstić information content (AvgIpc) is 2.65. The highest BCUT2D eigenvalue weighted by Crippen LogP contribution is 2.19. The fourth-order valence-corrected chi connectivity index (χ4v) is 1.44. The van der Waals surface area contributed by atoms with Gasteiger partial charge in [-0.2, -0.15) is 5.10 Å². The zero-order chi connectivity index (χ0) is 9.97. The number of aromatic nitrogens is 2. The highest BCUT2D eigenvalue weighted by molar-refractivity contribution is 5.62. The molecule has 0 amide bonds. The van der Waals surface area contributed by atoms with E-state index in [0.717, 1.165) is 17.7 Å². The van der Waals surface area contributed by atoms with Crippen LogP contribution in [0.1, 0.15) is 12.5 Å². The Kier molecular flexibility index (Phi) is 2.23. The van der Waals surface area contributed by atoms with Gasteiger partial charge in [0, 0.05) is 6.07 Å². The van der Waals surface area contributed by atoms with Crippen LogP contribution in [0.5, 0.6) is 0 Å². The molecule has 3 N–H and O–H groups in total. The number of benzene rings is 1. The molecular formula is C11H13N3. The van der Waals surface area contributed by atoms with Crippen molar-refractivity contribution < 1.29 is 0 Å². The largest absolute Gasteiger partial charge is 0.382 e. The molecule has 0 aliphatic carbocycles. The van der Waals surface area contributed by atoms with Gasteiger partial charge in [-0.15, -0.1) is 0 Å². The summed E-state index contributed by atoms with van der Waals surface area (Å²) in [5.74, 6) is 0.530. The first-order chi connectivity index (χ1) is 6.79. The molecule has 1 aromatic carbocycles. The van der Waals surface area contributed by atoms with E-state index in [-0.39, 0.29) is 0 Å². The summed E-state index contributed by atoms with van der Waals surface area (Å²) in [6.45, 7) is 2.14. The Morgan fingerprint density at radius 2 is 2.21 bits per heavy atom. The van der Waals surface area contributed by atoms with Gasteiger partial charge in [0.25, 0.3) is 0 Å². The van der Waals surface area contributed by atoms with Crippen LogP contribution >= 0.6 is 0 Å². The maximum absolute atomic E-state index is 5.54. The fraction of sp³-hybridized carbons (Fsp3) is 0.182. The van der Waals surface area contributed by atoms with Gasteiger partial charge in [-0.1, -0.05) is 25.1 Å². The number of rotatable bonds is 2. The molecule has 0 unspecified atom stereocenters. The molecule has 72 valence electrons. The van der Waals surface area contributed by atoms with Crippen molar-refractivity contribution in [1.29, 1.82) is 0 Å². The van der Waals surface area contributed by atoms with Gasteiger partial charge in [0.1, 0.15) is 5.82 Å². The van der Waals surface area contributed by atoms with Crippen LogP contribution in [-0.2, 0) is 6.42 Å². The number of hydrogen-bond acceptors (Lipinski definition) is 2. The number of nitrogens with two attached hydrogens (primary N) is 1. The first-order valence-corrected chi connectivity index (χ1v) is 4.70. The van der Waals surface area contributed by atoms with E-state index in [9.17, 15) is 0 Å². The van der Waals surface area contributed by atoms with Crippen LogP contribution in [-0.4, -0.2) is 10.2 Å². The van der Waals surface area contributed by atoms with Crippen molar-refractivity contribution >= 4 is 5.82 Å². The molecule has 2 rings (SSSR count). The molecule has 0 saturated heterocycles. The summed E-state index contributed by atoms with van der Waals surface area (Å²) in [7, 11) is 0. The third kappa shape index (κ3) is 1.62. The number of aryl methyl sites for hydroxylation is 1. The van der Waals surface area contributed by atoms with E-state index in [4.69, 9.17) is 5.73 Å². The smallest absolute Gasteiger partial charge is 0.145 e. The summed E-state index contributed by atoms with van der Waals surface area (Å²) in [4.78, 5) is 0. The molecule has 0 atom stereocenters. The van der Waals surface area contributed by atoms with Crippen LogP contribution in [0.15, 0.2) is 30.3 Å². The van der Waals surface area contributed by atoms with Crippen molar-refractivity contribution in [2.75, 3.05) is 5.73 Å². The van der Waals surface area contributed by atoms with E-state index in [1.54, 1.807) is 0 Å². The predicted molar refractivity (Wildman–Crippen MR) is 57.8 cm³/mol. The van der Waals surface area contributed by atoms with Crippen LogP contribution in [0.3, 0.4) is 0 Å². The van der Waals surface area contributed by atoms with Gasteiger partial charge in [0.05, 0.1) is 5.69 Å². The number of nitrogens with zero attached hydrogens (tertiary/aromatic N) is 1. The first kappa shape index (κ1) is 8.81. The molecule has 1 aromatic heterocycles. The summed E-state index contributed by atoms with van der Waals surface area (Å²) in [5, 5.41) is 6.80. The Hall–Kier alpha value is -1.77. The summed E-state index contributed by atoms with van der Waals surface area (Å²) < 4.78 is 0. The number of hydrogen-bond donors (Lipinski definition) is 2. The van der Waals surface area contributed by atoms with Crippen LogP contribution in [0.2, 0.25) is 0 Å². The number of nitrogen functional groups attached to an aromatic ring is 1. The minimum Gasteiger partial charge on any atom is -0.382 e. The standard InChI is InChI=1S/C11H13N3/c1-2-8-4-3-5-9(6-8)10-7-11(12)14-13-10/h3-7H,2H2,1H3,(H3,12,13,14). The third-order valence-electron chi connectivity index (χ3n) is 2.24. The van der Waals surface area contributed by atoms with Gasteiger partial charge in [-0.05, 0) is 23.6 Å². The van der Waals surface area contributed by atoms with Crippen molar-refractivity contribution in [3.8, 4) is 11.3 Å². The molecular weight excluding hydrogens is 174 g/mol. The van der Waals surface area contributed by atoms with Gasteiger partial charge in [-0.3, -0.25) is 5.10 Å². The Morgan fingerprint density at radius 1 is 1.36 bits per heavy atom. The minimum absolute atomic E-state index is 0.530. The fourth-order valence-electron chi connectivity index (χ4n) is 1.44. The monoisotopic (exact) mass is 187 g/mol. The topological polar surface area (TPSA) is 54.7 Å². The van der Waals surface area contributed by atoms with Crippen LogP contribution in [0, 0.1) is 0 Å². The predicted octanol–water partition coefficient (Wildman–Crippen LogP) is 2.22. The maximum Gasteiger partial charge on any atom is 0.145 e. The Balaban J connectivity index is 2.41. The summed E-state index contributed by atoms with van der Waals surface area (Å²) in [6, 6.07) is 10.2. The highest BCUT2D eigenvalue weighted by atomic mass is 15.2. The zero-order valence-corrected chi connectivity index (χ0v) is 8.12. The molecule has 3 heteroatoms. The molecule has 0 bridgehead atoms. The summed E-state index contributed by atoms with van der Waals surface area (Å²) in [5.41, 5.74) is 8.96. The lowest BCUT2D eigenvalue weighted by molar-refractivity contribution is 1.10. The van der Waals surface area contributed by atoms with Crippen LogP contribution in [0.4, 0.5) is 5.82 Å². The van der Waals surface area contributed by atoms with Crippen LogP contribution < -0.4 is 5.73 Å². The Bertz CT molecular complexity index is 432. The molecule has 0 aliphatic heterocycles. The SMILES string of the molecule is CCc1cccc(-c2cc(N)n[nH]2)c1. The number of aromatic amines is 1. The molecule has 1 heterocycles. The average molecular weight is 187 g/mol. The number of H-pyrrole nitrogens is 1. The van der Waals surface area contributed by atoms with Gasteiger partial charge in [0.15, 0.2) is 0 Å². The van der Waals surface area contributed by atoms with Crippen LogP contribution in [0.25, 0.3) is 11.3 Å². The molecule has 2 aromatic rings. The van der Waals surface area contributed by atoms with Gasteiger partial charge >= 0.3 is 0 Å². The first-order valence-electron chi connectivity index (χ1n) is 4.70. The van der Waals surface area contributed by atoms with Crippen molar-refractivity contribution in [2.45, 2.75) is 13.3 Å². The lowest BCUT2D eigenvalue weighted by atomic mass is 10.1. The van der Waals surface area contributed by atoms with Gasteiger partial charge in [-0.25, -0.2) is 0 Å². The third-order valence-corrected chi connectivity index (χ3v) is 2.24. The van der Waals surface area contributed by atoms with E-state index in [1.165, 1.54) is 5.56 Å². The highest BCUT2D eigenvalue weighted by Gasteiger charge is 2.01. The lowest BCUT2D eigenvalue weighted by Gasteiger charge is -2.00. The quantitative estimate of drug-likeness (QED) is 0.757. The Labute approximate surface area is 83.0 Å². The molecule has 0 spiro atoms. The van der Waals surface area contributed by atoms with E-state index in [2.05, 4.69) is 29.3 Å². The van der Waals surface area contributed by atoms with Gasteiger partial charge < -0.3 is 5.73 Å². The van der Waals surface area contributed by atoms with Crippen molar-refractivity contribution in [3.05, 3.63) is 35.9 Å². The van der Waals surface area contributed by atoms with E-state index in [1.807, 2.05) is 18.2 Å². The second-order valence-corrected chi connectivity index (χ2v) is 3.26. The lowest BCUT2D eigenvalue weighted by Crippen LogP contribution is -1.82. The van der Waals surface area contributed by atoms with E-state index in [0.29, 0.717) is 5.82 Å². The minimum atomic E-state index is 0.530. The molecule has 0 fully saturated rings. The molecule has 14 heavy (non-hydrogen) atoms.